The Morgan fingerprint density at radius 3 is 2.43 bits per heavy atom. The minimum absolute atomic E-state index is 0.0337. The molecule has 5 nitrogen and oxygen atoms in total. The lowest BCUT2D eigenvalue weighted by atomic mass is 9.88. The molecule has 4 rings (SSSR count). The van der Waals surface area contributed by atoms with E-state index in [-0.39, 0.29) is 23.3 Å². The van der Waals surface area contributed by atoms with Crippen molar-refractivity contribution in [2.75, 3.05) is 10.6 Å². The second-order valence-corrected chi connectivity index (χ2v) is 7.06. The lowest BCUT2D eigenvalue weighted by Crippen LogP contribution is -2.26. The van der Waals surface area contributed by atoms with E-state index in [0.29, 0.717) is 16.7 Å². The predicted octanol–water partition coefficient (Wildman–Crippen LogP) is 5.34. The molecule has 1 aliphatic rings. The number of furan rings is 1. The minimum Gasteiger partial charge on any atom is -0.449 e. The van der Waals surface area contributed by atoms with Crippen molar-refractivity contribution in [2.24, 2.45) is 5.92 Å². The number of amides is 2. The molecule has 0 spiro atoms. The van der Waals surface area contributed by atoms with Gasteiger partial charge >= 0.3 is 0 Å². The number of hydrogen-bond acceptors (Lipinski definition) is 3. The summed E-state index contributed by atoms with van der Waals surface area (Å²) in [5.74, 6) is -1.36. The van der Waals surface area contributed by atoms with E-state index in [2.05, 4.69) is 10.6 Å². The van der Waals surface area contributed by atoms with Crippen LogP contribution in [0, 0.1) is 11.7 Å². The van der Waals surface area contributed by atoms with E-state index >= 15 is 0 Å². The molecule has 0 saturated heterocycles. The molecule has 0 aliphatic heterocycles. The third kappa shape index (κ3) is 3.63. The number of rotatable bonds is 4. The van der Waals surface area contributed by atoms with Gasteiger partial charge in [-0.25, -0.2) is 4.39 Å². The summed E-state index contributed by atoms with van der Waals surface area (Å²) in [4.78, 5) is 25.5. The normalized spacial score (nSPS) is 14.8. The molecule has 0 bridgehead atoms. The summed E-state index contributed by atoms with van der Waals surface area (Å²) in [5.41, 5.74) is 0.873. The molecule has 1 fully saturated rings. The molecule has 28 heavy (non-hydrogen) atoms. The van der Waals surface area contributed by atoms with Gasteiger partial charge < -0.3 is 15.1 Å². The molecule has 1 aliphatic carbocycles. The highest BCUT2D eigenvalue weighted by Gasteiger charge is 2.26. The van der Waals surface area contributed by atoms with Gasteiger partial charge in [0.1, 0.15) is 17.1 Å². The van der Waals surface area contributed by atoms with Gasteiger partial charge in [-0.2, -0.15) is 0 Å². The number of benzene rings is 2. The molecule has 1 aromatic heterocycles. The predicted molar refractivity (Wildman–Crippen MR) is 106 cm³/mol. The Hall–Kier alpha value is -3.15. The second kappa shape index (κ2) is 7.84. The maximum Gasteiger partial charge on any atom is 0.293 e. The van der Waals surface area contributed by atoms with Crippen molar-refractivity contribution in [2.45, 2.75) is 32.1 Å². The molecule has 144 valence electrons. The van der Waals surface area contributed by atoms with Crippen LogP contribution < -0.4 is 10.6 Å². The lowest BCUT2D eigenvalue weighted by molar-refractivity contribution is -0.120. The molecule has 6 heteroatoms. The van der Waals surface area contributed by atoms with Crippen LogP contribution in [0.3, 0.4) is 0 Å². The number of nitrogens with one attached hydrogen (secondary N) is 2. The van der Waals surface area contributed by atoms with Crippen molar-refractivity contribution >= 4 is 34.2 Å². The summed E-state index contributed by atoms with van der Waals surface area (Å²) in [6.07, 6.45) is 4.90. The van der Waals surface area contributed by atoms with Gasteiger partial charge in [0.25, 0.3) is 5.91 Å². The van der Waals surface area contributed by atoms with Gasteiger partial charge in [-0.3, -0.25) is 9.59 Å². The van der Waals surface area contributed by atoms with Gasteiger partial charge in [-0.15, -0.1) is 0 Å². The van der Waals surface area contributed by atoms with Crippen molar-refractivity contribution < 1.29 is 18.4 Å². The molecule has 2 aromatic carbocycles. The van der Waals surface area contributed by atoms with Crippen molar-refractivity contribution in [3.05, 3.63) is 60.1 Å². The van der Waals surface area contributed by atoms with E-state index < -0.39 is 11.7 Å². The van der Waals surface area contributed by atoms with Crippen molar-refractivity contribution in [3.63, 3.8) is 0 Å². The van der Waals surface area contributed by atoms with Crippen LogP contribution >= 0.6 is 0 Å². The van der Waals surface area contributed by atoms with E-state index in [0.717, 1.165) is 32.1 Å². The zero-order chi connectivity index (χ0) is 19.5. The number of para-hydroxylation sites is 2. The van der Waals surface area contributed by atoms with Gasteiger partial charge in [-0.1, -0.05) is 43.5 Å². The molecule has 2 N–H and O–H groups in total. The number of fused-ring (bicyclic) bond motifs is 1. The second-order valence-electron chi connectivity index (χ2n) is 7.06. The minimum atomic E-state index is -0.611. The van der Waals surface area contributed by atoms with Crippen LogP contribution in [0.1, 0.15) is 42.7 Å². The maximum absolute atomic E-state index is 13.9. The molecule has 0 atom stereocenters. The molecule has 1 saturated carbocycles. The van der Waals surface area contributed by atoms with E-state index in [1.165, 1.54) is 12.1 Å². The molecule has 2 amide bonds. The topological polar surface area (TPSA) is 71.3 Å². The summed E-state index contributed by atoms with van der Waals surface area (Å²) in [6, 6.07) is 13.0. The average Bonchev–Trinajstić information content (AvgIpc) is 3.09. The van der Waals surface area contributed by atoms with Crippen LogP contribution in [0.4, 0.5) is 15.8 Å². The Morgan fingerprint density at radius 1 is 0.929 bits per heavy atom. The third-order valence-electron chi connectivity index (χ3n) is 5.15. The Labute approximate surface area is 161 Å². The van der Waals surface area contributed by atoms with Crippen LogP contribution in [0.25, 0.3) is 11.0 Å². The highest BCUT2D eigenvalue weighted by molar-refractivity contribution is 6.14. The summed E-state index contributed by atoms with van der Waals surface area (Å²) >= 11 is 0. The monoisotopic (exact) mass is 380 g/mol. The smallest absolute Gasteiger partial charge is 0.293 e. The van der Waals surface area contributed by atoms with Crippen molar-refractivity contribution in [3.8, 4) is 0 Å². The van der Waals surface area contributed by atoms with E-state index in [1.54, 1.807) is 30.3 Å². The first kappa shape index (κ1) is 18.2. The largest absolute Gasteiger partial charge is 0.449 e. The Bertz CT molecular complexity index is 1020. The van der Waals surface area contributed by atoms with Crippen LogP contribution in [0.5, 0.6) is 0 Å². The quantitative estimate of drug-likeness (QED) is 0.641. The van der Waals surface area contributed by atoms with Crippen LogP contribution in [-0.4, -0.2) is 11.8 Å². The fourth-order valence-electron chi connectivity index (χ4n) is 3.66. The van der Waals surface area contributed by atoms with Crippen LogP contribution in [0.2, 0.25) is 0 Å². The van der Waals surface area contributed by atoms with E-state index in [9.17, 15) is 14.0 Å². The van der Waals surface area contributed by atoms with Gasteiger partial charge in [0.15, 0.2) is 0 Å². The van der Waals surface area contributed by atoms with Crippen LogP contribution in [0.15, 0.2) is 52.9 Å². The average molecular weight is 380 g/mol. The summed E-state index contributed by atoms with van der Waals surface area (Å²) in [5, 5.41) is 6.06. The molecular weight excluding hydrogens is 359 g/mol. The zero-order valence-corrected chi connectivity index (χ0v) is 15.3. The first-order valence-electron chi connectivity index (χ1n) is 9.52. The number of anilines is 2. The number of carbonyl (C=O) groups is 2. The molecule has 0 radical (unpaired) electrons. The van der Waals surface area contributed by atoms with Crippen LogP contribution in [-0.2, 0) is 4.79 Å². The SMILES string of the molecule is O=C(Nc1ccccc1F)c1oc2ccccc2c1NC(=O)C1CCCCC1. The number of carbonyl (C=O) groups excluding carboxylic acids is 2. The first-order chi connectivity index (χ1) is 13.6. The number of hydrogen-bond donors (Lipinski definition) is 2. The van der Waals surface area contributed by atoms with E-state index in [4.69, 9.17) is 4.42 Å². The van der Waals surface area contributed by atoms with Gasteiger partial charge in [0, 0.05) is 11.3 Å². The Morgan fingerprint density at radius 2 is 1.64 bits per heavy atom. The fraction of sp³-hybridized carbons (Fsp3) is 0.273. The highest BCUT2D eigenvalue weighted by Crippen LogP contribution is 2.33. The fourth-order valence-corrected chi connectivity index (χ4v) is 3.66. The third-order valence-corrected chi connectivity index (χ3v) is 5.15. The molecule has 1 heterocycles. The number of halogens is 1. The Kier molecular flexibility index (Phi) is 5.10. The lowest BCUT2D eigenvalue weighted by Gasteiger charge is -2.20. The van der Waals surface area contributed by atoms with Gasteiger partial charge in [-0.05, 0) is 37.1 Å². The van der Waals surface area contributed by atoms with Gasteiger partial charge in [0.05, 0.1) is 5.69 Å². The summed E-state index contributed by atoms with van der Waals surface area (Å²) in [6.45, 7) is 0. The maximum atomic E-state index is 13.9. The molecule has 3 aromatic rings. The van der Waals surface area contributed by atoms with Crippen molar-refractivity contribution in [1.29, 1.82) is 0 Å². The summed E-state index contributed by atoms with van der Waals surface area (Å²) < 4.78 is 19.6. The Balaban J connectivity index is 1.65. The molecular formula is C22H21FN2O3. The highest BCUT2D eigenvalue weighted by atomic mass is 19.1. The van der Waals surface area contributed by atoms with Crippen molar-refractivity contribution in [1.82, 2.24) is 0 Å². The van der Waals surface area contributed by atoms with E-state index in [1.807, 2.05) is 6.07 Å². The summed E-state index contributed by atoms with van der Waals surface area (Å²) in [7, 11) is 0. The first-order valence-corrected chi connectivity index (χ1v) is 9.52. The molecule has 0 unspecified atom stereocenters. The van der Waals surface area contributed by atoms with Gasteiger partial charge in [0.2, 0.25) is 11.7 Å². The standard InChI is InChI=1S/C22H21FN2O3/c23-16-11-5-6-12-17(16)24-22(27)20-19(15-10-4-7-13-18(15)28-20)25-21(26)14-8-2-1-3-9-14/h4-7,10-14H,1-3,8-9H2,(H,24,27)(H,25,26). The zero-order valence-electron chi connectivity index (χ0n) is 15.3.